The molecule has 0 bridgehead atoms. The fourth-order valence-corrected chi connectivity index (χ4v) is 6.09. The number of nitrogens with zero attached hydrogens (tertiary/aromatic N) is 3. The number of benzene rings is 2. The van der Waals surface area contributed by atoms with Gasteiger partial charge in [-0.25, -0.2) is 0 Å². The van der Waals surface area contributed by atoms with Gasteiger partial charge >= 0.3 is 0 Å². The predicted molar refractivity (Wildman–Crippen MR) is 140 cm³/mol. The zero-order valence-electron chi connectivity index (χ0n) is 20.7. The van der Waals surface area contributed by atoms with Crippen LogP contribution < -0.4 is 25.4 Å². The zero-order chi connectivity index (χ0) is 24.4. The van der Waals surface area contributed by atoms with E-state index in [2.05, 4.69) is 33.0 Å². The number of piperidine rings is 1. The van der Waals surface area contributed by atoms with Crippen molar-refractivity contribution in [2.45, 2.75) is 44.4 Å². The molecule has 1 aromatic heterocycles. The number of methoxy groups -OCH3 is 1. The largest absolute Gasteiger partial charge is 0.497 e. The van der Waals surface area contributed by atoms with Crippen LogP contribution in [0.3, 0.4) is 0 Å². The molecule has 3 N–H and O–H groups in total. The predicted octanol–water partition coefficient (Wildman–Crippen LogP) is 3.95. The van der Waals surface area contributed by atoms with Gasteiger partial charge in [0.05, 0.1) is 25.0 Å². The second kappa shape index (κ2) is 8.34. The number of carbonyl (C=O) groups excluding carboxylic acids is 1. The van der Waals surface area contributed by atoms with Crippen LogP contribution in [-0.2, 0) is 6.54 Å². The normalized spacial score (nSPS) is 22.8. The molecular formula is C28H33N5O3. The van der Waals surface area contributed by atoms with Gasteiger partial charge in [-0.15, -0.1) is 0 Å². The van der Waals surface area contributed by atoms with Crippen LogP contribution in [0, 0.1) is 5.92 Å². The summed E-state index contributed by atoms with van der Waals surface area (Å²) in [6.45, 7) is 3.77. The van der Waals surface area contributed by atoms with Gasteiger partial charge in [-0.3, -0.25) is 4.79 Å². The Morgan fingerprint density at radius 2 is 2.06 bits per heavy atom. The van der Waals surface area contributed by atoms with Crippen LogP contribution in [0.2, 0.25) is 0 Å². The van der Waals surface area contributed by atoms with E-state index in [0.29, 0.717) is 18.7 Å². The summed E-state index contributed by atoms with van der Waals surface area (Å²) in [5, 5.41) is 4.95. The lowest BCUT2D eigenvalue weighted by atomic mass is 10.0. The van der Waals surface area contributed by atoms with Gasteiger partial charge in [-0.2, -0.15) is 0 Å². The maximum absolute atomic E-state index is 13.4. The monoisotopic (exact) mass is 487 g/mol. The third-order valence-electron chi connectivity index (χ3n) is 8.11. The van der Waals surface area contributed by atoms with E-state index in [4.69, 9.17) is 15.2 Å². The van der Waals surface area contributed by atoms with Crippen molar-refractivity contribution in [2.24, 2.45) is 11.7 Å². The Labute approximate surface area is 210 Å². The number of fused-ring (bicyclic) bond motifs is 1. The van der Waals surface area contributed by atoms with Crippen molar-refractivity contribution in [2.75, 3.05) is 43.6 Å². The number of anilines is 2. The van der Waals surface area contributed by atoms with E-state index >= 15 is 0 Å². The number of hydrogen-bond acceptors (Lipinski definition) is 6. The molecule has 2 atom stereocenters. The first-order chi connectivity index (χ1) is 17.6. The van der Waals surface area contributed by atoms with Gasteiger partial charge in [0.15, 0.2) is 0 Å². The maximum atomic E-state index is 13.4. The van der Waals surface area contributed by atoms with Gasteiger partial charge in [0.1, 0.15) is 30.0 Å². The molecule has 1 amide bonds. The molecular weight excluding hydrogens is 454 g/mol. The summed E-state index contributed by atoms with van der Waals surface area (Å²) >= 11 is 0. The molecule has 3 aliphatic heterocycles. The summed E-state index contributed by atoms with van der Waals surface area (Å²) in [6.07, 6.45) is 4.49. The highest BCUT2D eigenvalue weighted by atomic mass is 16.5. The van der Waals surface area contributed by atoms with Crippen molar-refractivity contribution in [3.8, 4) is 11.5 Å². The summed E-state index contributed by atoms with van der Waals surface area (Å²) in [4.78, 5) is 17.7. The fraction of sp³-hybridized carbons (Fsp3) is 0.464. The lowest BCUT2D eigenvalue weighted by molar-refractivity contribution is 0.0708. The molecule has 4 heterocycles. The minimum atomic E-state index is -0.0199. The molecule has 3 aromatic rings. The number of rotatable bonds is 5. The number of likely N-dealkylation sites (tertiary alicyclic amines) is 1. The minimum absolute atomic E-state index is 0.0199. The Hall–Kier alpha value is -3.39. The summed E-state index contributed by atoms with van der Waals surface area (Å²) in [5.41, 5.74) is 11.3. The number of hydrogen-bond donors (Lipinski definition) is 2. The third-order valence-corrected chi connectivity index (χ3v) is 8.11. The van der Waals surface area contributed by atoms with Gasteiger partial charge in [0, 0.05) is 42.1 Å². The number of ether oxygens (including phenoxy) is 2. The molecule has 1 saturated heterocycles. The van der Waals surface area contributed by atoms with Crippen LogP contribution >= 0.6 is 0 Å². The van der Waals surface area contributed by atoms with Crippen LogP contribution in [-0.4, -0.2) is 54.8 Å². The van der Waals surface area contributed by atoms with Gasteiger partial charge in [0.25, 0.3) is 5.91 Å². The Kier molecular flexibility index (Phi) is 5.06. The molecule has 0 radical (unpaired) electrons. The first-order valence-electron chi connectivity index (χ1n) is 13.1. The Balaban J connectivity index is 1.27. The van der Waals surface area contributed by atoms with Crippen molar-refractivity contribution in [1.29, 1.82) is 0 Å². The van der Waals surface area contributed by atoms with Crippen molar-refractivity contribution >= 4 is 28.2 Å². The van der Waals surface area contributed by atoms with E-state index in [9.17, 15) is 4.79 Å². The SMILES string of the molecule is COc1ccc2c(c1)cc([C@@H]1Nc3cc(C(=O)N4CCCC(N)C4)cc4c3N1CCO4)n2CC1CC1. The summed E-state index contributed by atoms with van der Waals surface area (Å²) in [5.74, 6) is 2.43. The molecule has 1 unspecified atom stereocenters. The van der Waals surface area contributed by atoms with Crippen LogP contribution in [0.4, 0.5) is 11.4 Å². The standard InChI is InChI=1S/C28H33N5O3/c1-35-21-6-7-23-18(11-21)13-24(33(23)15-17-4-5-17)27-30-22-12-19(14-25-26(22)32(27)9-10-36-25)28(34)31-8-2-3-20(29)16-31/h6-7,11-14,17,20,27,30H,2-5,8-10,15-16,29H2,1H3/t20?,27-/m1/s1. The quantitative estimate of drug-likeness (QED) is 0.567. The van der Waals surface area contributed by atoms with Crippen LogP contribution in [0.5, 0.6) is 11.5 Å². The van der Waals surface area contributed by atoms with E-state index in [1.807, 2.05) is 23.1 Å². The van der Waals surface area contributed by atoms with Crippen LogP contribution in [0.1, 0.15) is 47.9 Å². The number of carbonyl (C=O) groups is 1. The molecule has 0 spiro atoms. The Morgan fingerprint density at radius 1 is 1.17 bits per heavy atom. The van der Waals surface area contributed by atoms with Crippen molar-refractivity contribution in [3.63, 3.8) is 0 Å². The molecule has 188 valence electrons. The second-order valence-electron chi connectivity index (χ2n) is 10.7. The summed E-state index contributed by atoms with van der Waals surface area (Å²) < 4.78 is 14.1. The van der Waals surface area contributed by atoms with Gasteiger partial charge in [0.2, 0.25) is 0 Å². The van der Waals surface area contributed by atoms with Crippen molar-refractivity contribution in [3.05, 3.63) is 47.7 Å². The zero-order valence-corrected chi connectivity index (χ0v) is 20.7. The van der Waals surface area contributed by atoms with E-state index < -0.39 is 0 Å². The highest BCUT2D eigenvalue weighted by Crippen LogP contribution is 2.50. The smallest absolute Gasteiger partial charge is 0.254 e. The van der Waals surface area contributed by atoms with E-state index in [1.165, 1.54) is 29.4 Å². The molecule has 36 heavy (non-hydrogen) atoms. The van der Waals surface area contributed by atoms with Crippen molar-refractivity contribution in [1.82, 2.24) is 9.47 Å². The highest BCUT2D eigenvalue weighted by Gasteiger charge is 2.39. The number of aromatic nitrogens is 1. The molecule has 2 fully saturated rings. The van der Waals surface area contributed by atoms with Gasteiger partial charge in [-0.1, -0.05) is 0 Å². The summed E-state index contributed by atoms with van der Waals surface area (Å²) in [7, 11) is 1.71. The van der Waals surface area contributed by atoms with Gasteiger partial charge < -0.3 is 34.9 Å². The molecule has 8 heteroatoms. The van der Waals surface area contributed by atoms with Crippen molar-refractivity contribution < 1.29 is 14.3 Å². The topological polar surface area (TPSA) is 85.0 Å². The number of nitrogens with two attached hydrogens (primary N) is 1. The van der Waals surface area contributed by atoms with E-state index in [0.717, 1.165) is 61.3 Å². The average molecular weight is 488 g/mol. The Morgan fingerprint density at radius 3 is 2.86 bits per heavy atom. The first-order valence-corrected chi connectivity index (χ1v) is 13.1. The highest BCUT2D eigenvalue weighted by molar-refractivity contribution is 5.99. The number of nitrogens with one attached hydrogen (secondary N) is 1. The van der Waals surface area contributed by atoms with Crippen LogP contribution in [0.15, 0.2) is 36.4 Å². The summed E-state index contributed by atoms with van der Waals surface area (Å²) in [6, 6.07) is 12.6. The molecule has 1 aliphatic carbocycles. The second-order valence-corrected chi connectivity index (χ2v) is 10.7. The molecule has 1 saturated carbocycles. The number of amides is 1. The molecule has 2 aromatic carbocycles. The lowest BCUT2D eigenvalue weighted by Crippen LogP contribution is -2.45. The average Bonchev–Trinajstić information content (AvgIpc) is 3.55. The maximum Gasteiger partial charge on any atom is 0.254 e. The van der Waals surface area contributed by atoms with Gasteiger partial charge in [-0.05, 0) is 68.0 Å². The lowest BCUT2D eigenvalue weighted by Gasteiger charge is -2.33. The Bertz CT molecular complexity index is 1350. The molecule has 8 nitrogen and oxygen atoms in total. The van der Waals surface area contributed by atoms with Crippen LogP contribution in [0.25, 0.3) is 10.9 Å². The van der Waals surface area contributed by atoms with E-state index in [-0.39, 0.29) is 18.1 Å². The minimum Gasteiger partial charge on any atom is -0.497 e. The van der Waals surface area contributed by atoms with E-state index in [1.54, 1.807) is 7.11 Å². The first kappa shape index (κ1) is 21.9. The molecule has 7 rings (SSSR count). The fourth-order valence-electron chi connectivity index (χ4n) is 6.09. The molecule has 4 aliphatic rings. The third kappa shape index (κ3) is 3.58.